The zero-order valence-electron chi connectivity index (χ0n) is 17.9. The van der Waals surface area contributed by atoms with Crippen molar-refractivity contribution in [3.05, 3.63) is 75.4 Å². The Labute approximate surface area is 189 Å². The minimum Gasteiger partial charge on any atom is -0.315 e. The molecule has 5 nitrogen and oxygen atoms in total. The molecule has 0 radical (unpaired) electrons. The van der Waals surface area contributed by atoms with E-state index < -0.39 is 0 Å². The molecule has 4 rings (SSSR count). The zero-order valence-corrected chi connectivity index (χ0v) is 19.5. The summed E-state index contributed by atoms with van der Waals surface area (Å²) in [7, 11) is 3.47. The molecule has 158 valence electrons. The van der Waals surface area contributed by atoms with Gasteiger partial charge in [0.1, 0.15) is 4.83 Å². The van der Waals surface area contributed by atoms with E-state index in [1.807, 2.05) is 41.8 Å². The number of fused-ring (bicyclic) bond motifs is 1. The third-order valence-corrected chi connectivity index (χ3v) is 7.32. The maximum absolute atomic E-state index is 13.2. The Morgan fingerprint density at radius 2 is 1.87 bits per heavy atom. The van der Waals surface area contributed by atoms with Crippen molar-refractivity contribution in [2.24, 2.45) is 7.05 Å². The molecule has 2 aromatic heterocycles. The second kappa shape index (κ2) is 8.69. The molecule has 0 saturated heterocycles. The number of anilines is 1. The lowest BCUT2D eigenvalue weighted by Crippen LogP contribution is -2.28. The van der Waals surface area contributed by atoms with Crippen molar-refractivity contribution in [2.75, 3.05) is 17.7 Å². The molecule has 2 heterocycles. The number of rotatable bonds is 5. The molecule has 0 aliphatic rings. The number of nitrogens with zero attached hydrogens (tertiary/aromatic N) is 3. The first kappa shape index (κ1) is 21.3. The number of aryl methyl sites for hydroxylation is 2. The van der Waals surface area contributed by atoms with E-state index in [0.717, 1.165) is 16.8 Å². The van der Waals surface area contributed by atoms with Crippen LogP contribution in [0.1, 0.15) is 11.1 Å². The van der Waals surface area contributed by atoms with E-state index in [4.69, 9.17) is 4.98 Å². The van der Waals surface area contributed by atoms with E-state index in [1.165, 1.54) is 34.2 Å². The van der Waals surface area contributed by atoms with Crippen LogP contribution in [-0.2, 0) is 11.8 Å². The average Bonchev–Trinajstić information content (AvgIpc) is 3.21. The SMILES string of the molecule is Cc1ccc(-c2csc3nc(SCC(=O)N(C)c4ccccc4)n(C)c(=O)c23)cc1C. The average molecular weight is 450 g/mol. The lowest BCUT2D eigenvalue weighted by molar-refractivity contribution is -0.115. The number of carbonyl (C=O) groups is 1. The Morgan fingerprint density at radius 1 is 1.13 bits per heavy atom. The van der Waals surface area contributed by atoms with Crippen LogP contribution in [0.4, 0.5) is 5.69 Å². The van der Waals surface area contributed by atoms with Crippen LogP contribution < -0.4 is 10.5 Å². The summed E-state index contributed by atoms with van der Waals surface area (Å²) < 4.78 is 1.54. The highest BCUT2D eigenvalue weighted by Gasteiger charge is 2.18. The summed E-state index contributed by atoms with van der Waals surface area (Å²) in [5.41, 5.74) is 5.08. The van der Waals surface area contributed by atoms with E-state index in [2.05, 4.69) is 26.0 Å². The molecule has 31 heavy (non-hydrogen) atoms. The highest BCUT2D eigenvalue weighted by atomic mass is 32.2. The fourth-order valence-electron chi connectivity index (χ4n) is 3.32. The normalized spacial score (nSPS) is 11.1. The summed E-state index contributed by atoms with van der Waals surface area (Å²) in [5, 5.41) is 3.17. The van der Waals surface area contributed by atoms with Crippen molar-refractivity contribution in [3.8, 4) is 11.1 Å². The van der Waals surface area contributed by atoms with Crippen LogP contribution >= 0.6 is 23.1 Å². The van der Waals surface area contributed by atoms with Crippen molar-refractivity contribution in [2.45, 2.75) is 19.0 Å². The van der Waals surface area contributed by atoms with Gasteiger partial charge in [0, 0.05) is 30.7 Å². The van der Waals surface area contributed by atoms with Gasteiger partial charge in [-0.3, -0.25) is 14.2 Å². The first-order valence-corrected chi connectivity index (χ1v) is 11.7. The molecular formula is C24H23N3O2S2. The number of carbonyl (C=O) groups excluding carboxylic acids is 1. The van der Waals surface area contributed by atoms with Crippen LogP contribution in [0.5, 0.6) is 0 Å². The molecule has 0 fully saturated rings. The predicted octanol–water partition coefficient (Wildman–Crippen LogP) is 5.03. The van der Waals surface area contributed by atoms with Crippen LogP contribution in [0.2, 0.25) is 0 Å². The minimum atomic E-state index is -0.0918. The number of benzene rings is 2. The molecule has 4 aromatic rings. The molecule has 0 saturated carbocycles. The van der Waals surface area contributed by atoms with Gasteiger partial charge in [0.25, 0.3) is 5.56 Å². The Hall–Kier alpha value is -2.90. The van der Waals surface area contributed by atoms with Gasteiger partial charge in [-0.2, -0.15) is 0 Å². The zero-order chi connectivity index (χ0) is 22.1. The lowest BCUT2D eigenvalue weighted by atomic mass is 10.0. The smallest absolute Gasteiger partial charge is 0.263 e. The quantitative estimate of drug-likeness (QED) is 0.317. The van der Waals surface area contributed by atoms with Crippen molar-refractivity contribution < 1.29 is 4.79 Å². The second-order valence-corrected chi connectivity index (χ2v) is 9.26. The Kier molecular flexibility index (Phi) is 5.98. The molecule has 0 aliphatic heterocycles. The standard InChI is InChI=1S/C24H23N3O2S2/c1-15-10-11-17(12-16(15)2)19-13-30-22-21(19)23(29)27(4)24(25-22)31-14-20(28)26(3)18-8-6-5-7-9-18/h5-13H,14H2,1-4H3. The summed E-state index contributed by atoms with van der Waals surface area (Å²) in [5.74, 6) is 0.152. The summed E-state index contributed by atoms with van der Waals surface area (Å²) in [6.45, 7) is 4.15. The molecule has 0 bridgehead atoms. The van der Waals surface area contributed by atoms with Crippen molar-refractivity contribution in [1.29, 1.82) is 0 Å². The monoisotopic (exact) mass is 449 g/mol. The van der Waals surface area contributed by atoms with E-state index >= 15 is 0 Å². The summed E-state index contributed by atoms with van der Waals surface area (Å²) in [4.78, 5) is 32.8. The Balaban J connectivity index is 1.62. The van der Waals surface area contributed by atoms with E-state index in [0.29, 0.717) is 15.4 Å². The molecule has 1 amide bonds. The fraction of sp³-hybridized carbons (Fsp3) is 0.208. The maximum atomic E-state index is 13.2. The van der Waals surface area contributed by atoms with Crippen LogP contribution in [0.25, 0.3) is 21.3 Å². The highest BCUT2D eigenvalue weighted by molar-refractivity contribution is 7.99. The third-order valence-electron chi connectivity index (χ3n) is 5.43. The van der Waals surface area contributed by atoms with Gasteiger partial charge in [-0.1, -0.05) is 48.2 Å². The number of para-hydroxylation sites is 1. The van der Waals surface area contributed by atoms with Gasteiger partial charge in [-0.05, 0) is 42.7 Å². The van der Waals surface area contributed by atoms with Crippen molar-refractivity contribution in [1.82, 2.24) is 9.55 Å². The van der Waals surface area contributed by atoms with Crippen LogP contribution in [-0.4, -0.2) is 28.3 Å². The van der Waals surface area contributed by atoms with Gasteiger partial charge >= 0.3 is 0 Å². The Bertz CT molecular complexity index is 1330. The number of aromatic nitrogens is 2. The summed E-state index contributed by atoms with van der Waals surface area (Å²) in [6.07, 6.45) is 0. The van der Waals surface area contributed by atoms with E-state index in [9.17, 15) is 9.59 Å². The topological polar surface area (TPSA) is 55.2 Å². The molecule has 0 unspecified atom stereocenters. The number of hydrogen-bond acceptors (Lipinski definition) is 5. The van der Waals surface area contributed by atoms with Gasteiger partial charge in [0.05, 0.1) is 11.1 Å². The molecule has 0 N–H and O–H groups in total. The van der Waals surface area contributed by atoms with Gasteiger partial charge < -0.3 is 4.90 Å². The molecular weight excluding hydrogens is 426 g/mol. The van der Waals surface area contributed by atoms with Crippen LogP contribution in [0, 0.1) is 13.8 Å². The van der Waals surface area contributed by atoms with Crippen molar-refractivity contribution >= 4 is 44.9 Å². The van der Waals surface area contributed by atoms with Gasteiger partial charge in [0.15, 0.2) is 5.16 Å². The molecule has 0 aliphatic carbocycles. The van der Waals surface area contributed by atoms with E-state index in [1.54, 1.807) is 23.6 Å². The predicted molar refractivity (Wildman–Crippen MR) is 130 cm³/mol. The molecule has 0 spiro atoms. The minimum absolute atomic E-state index is 0.0486. The molecule has 2 aromatic carbocycles. The first-order valence-electron chi connectivity index (χ1n) is 9.87. The van der Waals surface area contributed by atoms with Crippen LogP contribution in [0.3, 0.4) is 0 Å². The Morgan fingerprint density at radius 3 is 2.58 bits per heavy atom. The fourth-order valence-corrected chi connectivity index (χ4v) is 5.20. The maximum Gasteiger partial charge on any atom is 0.263 e. The number of amides is 1. The number of thiophene rings is 1. The van der Waals surface area contributed by atoms with E-state index in [-0.39, 0.29) is 17.2 Å². The number of thioether (sulfide) groups is 1. The summed E-state index contributed by atoms with van der Waals surface area (Å²) in [6, 6.07) is 15.7. The lowest BCUT2D eigenvalue weighted by Gasteiger charge is -2.17. The highest BCUT2D eigenvalue weighted by Crippen LogP contribution is 2.33. The molecule has 7 heteroatoms. The van der Waals surface area contributed by atoms with Gasteiger partial charge in [0.2, 0.25) is 5.91 Å². The molecule has 0 atom stereocenters. The van der Waals surface area contributed by atoms with Gasteiger partial charge in [-0.25, -0.2) is 4.98 Å². The number of hydrogen-bond donors (Lipinski definition) is 0. The van der Waals surface area contributed by atoms with Crippen molar-refractivity contribution in [3.63, 3.8) is 0 Å². The first-order chi connectivity index (χ1) is 14.9. The third kappa shape index (κ3) is 4.16. The van der Waals surface area contributed by atoms with Crippen LogP contribution in [0.15, 0.2) is 63.9 Å². The largest absolute Gasteiger partial charge is 0.315 e. The second-order valence-electron chi connectivity index (χ2n) is 7.46. The van der Waals surface area contributed by atoms with Gasteiger partial charge in [-0.15, -0.1) is 11.3 Å². The summed E-state index contributed by atoms with van der Waals surface area (Å²) >= 11 is 2.74.